The van der Waals surface area contributed by atoms with Crippen molar-refractivity contribution in [2.45, 2.75) is 107 Å². The van der Waals surface area contributed by atoms with Crippen molar-refractivity contribution in [3.05, 3.63) is 184 Å². The largest absolute Gasteiger partial charge is 0.488 e. The molecule has 15 heterocycles. The van der Waals surface area contributed by atoms with Gasteiger partial charge in [0.1, 0.15) is 28.4 Å². The van der Waals surface area contributed by atoms with E-state index in [0.717, 1.165) is 153 Å². The van der Waals surface area contributed by atoms with Crippen LogP contribution in [0.25, 0.3) is 77.9 Å². The summed E-state index contributed by atoms with van der Waals surface area (Å²) >= 11 is 18.0. The first-order valence-electron chi connectivity index (χ1n) is 45.9. The number of ether oxygens (including phenoxy) is 7. The molecule has 0 bridgehead atoms. The molecule has 3 saturated carbocycles. The Hall–Kier alpha value is -12.1. The van der Waals surface area contributed by atoms with Crippen LogP contribution in [0, 0.1) is 0 Å². The molecule has 139 heavy (non-hydrogen) atoms. The molecule has 7 saturated heterocycles. The standard InChI is InChI=1S/C26H30N6O4.C25H27N5O4.C19H17ClN4O3.C12H12Cl2N4O.C7H7BO4.C6H11NO.CH5NO/c1-17-15-35-12-11-32(17)23-20-6-7-21(18-4-3-5-19(14-18)24(33)30-34-2)27-22(20)28-25(29-23)31-10-13-36-26(16-31)8-9-26;1-16-14-33-11-10-30(16)22-19-5-6-20(17-3-2-4-18(13-17)23(31)32)26-21(19)27-24(28-22)29-9-12-34-25(15-29)7-8-25;1-11-10-27-8-7-24(11)17-14-5-6-15(21-16(14)22-19(20)23-17)12-3-2-4-13(9-12)18(25)26;1-7-6-19-5-4-18(7)11-8-2-3-9(13)15-10(8)16-12(14)17-11;9-7(10)5-2-1-3-6(4-5)8(11)12;1-2-6(1)5-7-3-4-8-6;1-3-2/h3-7,14,17H,8-13,15-16H2,1-2H3,(H,30,33);2-6,13,16H,7-12,14-15H2,1H3,(H,31,32);2-6,9,11H,7-8,10H2,1H3,(H,25,26);2-3,7H,4-6H2,1H3;1-4,11-12H,(H,9,10);7H,1-5H2;2H2,1H3/t17-;16-;11-;7-;;;/m0000.../s1. The minimum Gasteiger partial charge on any atom is -0.478 e. The molecule has 12 aromatic rings. The smallest absolute Gasteiger partial charge is 0.478 e. The summed E-state index contributed by atoms with van der Waals surface area (Å²) < 4.78 is 39.8. The minimum atomic E-state index is -1.62. The van der Waals surface area contributed by atoms with Crippen LogP contribution in [0.15, 0.2) is 146 Å². The number of hydrogen-bond acceptors (Lipinski definition) is 35. The zero-order valence-corrected chi connectivity index (χ0v) is 79.9. The Bertz CT molecular complexity index is 6410. The number of hydroxylamine groups is 1. The maximum Gasteiger partial charge on any atom is 0.488 e. The van der Waals surface area contributed by atoms with Gasteiger partial charge in [0.2, 0.25) is 22.5 Å². The molecular formula is C96H109BCl3N21O18. The second-order valence-electron chi connectivity index (χ2n) is 35.1. The van der Waals surface area contributed by atoms with Crippen LogP contribution in [-0.4, -0.2) is 309 Å². The first-order valence-corrected chi connectivity index (χ1v) is 47.1. The van der Waals surface area contributed by atoms with E-state index in [1.807, 2.05) is 66.7 Å². The van der Waals surface area contributed by atoms with E-state index in [-0.39, 0.29) is 74.0 Å². The lowest BCUT2D eigenvalue weighted by atomic mass is 9.80. The van der Waals surface area contributed by atoms with Crippen LogP contribution in [0.1, 0.15) is 108 Å². The molecule has 39 nitrogen and oxygen atoms in total. The summed E-state index contributed by atoms with van der Waals surface area (Å²) in [5.41, 5.74) is 10.3. The number of benzene rings is 4. The number of aromatic carboxylic acids is 3. The lowest BCUT2D eigenvalue weighted by molar-refractivity contribution is 0.00882. The number of fused-ring (bicyclic) bond motifs is 4. The summed E-state index contributed by atoms with van der Waals surface area (Å²) in [6.45, 7) is 24.1. The number of halogens is 3. The van der Waals surface area contributed by atoms with Crippen molar-refractivity contribution in [2.24, 2.45) is 5.90 Å². The number of anilines is 6. The first-order chi connectivity index (χ1) is 67.2. The summed E-state index contributed by atoms with van der Waals surface area (Å²) in [7, 11) is 1.19. The van der Waals surface area contributed by atoms with Crippen LogP contribution in [0.2, 0.25) is 15.7 Å². The predicted molar refractivity (Wildman–Crippen MR) is 525 cm³/mol. The van der Waals surface area contributed by atoms with Gasteiger partial charge in [-0.15, -0.1) is 0 Å². The third kappa shape index (κ3) is 24.7. The van der Waals surface area contributed by atoms with Crippen LogP contribution >= 0.6 is 34.8 Å². The van der Waals surface area contributed by atoms with Gasteiger partial charge >= 0.3 is 25.0 Å². The van der Waals surface area contributed by atoms with Gasteiger partial charge in [-0.2, -0.15) is 39.9 Å². The molecule has 8 aromatic heterocycles. The second-order valence-corrected chi connectivity index (χ2v) is 36.2. The number of carbonyl (C=O) groups excluding carboxylic acids is 1. The topological polar surface area (TPSA) is 477 Å². The number of morpholine rings is 7. The summed E-state index contributed by atoms with van der Waals surface area (Å²) in [4.78, 5) is 123. The number of carboxylic acids is 3. The predicted octanol–water partition coefficient (Wildman–Crippen LogP) is 10.1. The molecule has 1 amide bonds. The van der Waals surface area contributed by atoms with Gasteiger partial charge in [0.25, 0.3) is 5.91 Å². The van der Waals surface area contributed by atoms with Crippen LogP contribution < -0.4 is 51.6 Å². The van der Waals surface area contributed by atoms with Gasteiger partial charge < -0.3 is 98.1 Å². The molecule has 4 aromatic carbocycles. The van der Waals surface area contributed by atoms with Gasteiger partial charge in [-0.3, -0.25) is 9.63 Å². The molecule has 10 aliphatic rings. The number of pyridine rings is 4. The molecule has 9 N–H and O–H groups in total. The number of amides is 1. The fourth-order valence-electron chi connectivity index (χ4n) is 17.2. The highest BCUT2D eigenvalue weighted by Crippen LogP contribution is 2.46. The molecule has 730 valence electrons. The molecule has 0 unspecified atom stereocenters. The molecule has 22 rings (SSSR count). The lowest BCUT2D eigenvalue weighted by Crippen LogP contribution is -2.46. The zero-order chi connectivity index (χ0) is 97.7. The summed E-state index contributed by atoms with van der Waals surface area (Å²) in [5.74, 6) is 5.63. The summed E-state index contributed by atoms with van der Waals surface area (Å²) in [6.07, 6.45) is 6.87. The molecule has 4 atom stereocenters. The van der Waals surface area contributed by atoms with Gasteiger partial charge in [-0.1, -0.05) is 60.1 Å². The normalized spacial score (nSPS) is 19.7. The molecule has 3 aliphatic carbocycles. The highest BCUT2D eigenvalue weighted by atomic mass is 35.5. The zero-order valence-electron chi connectivity index (χ0n) is 77.6. The number of rotatable bonds is 15. The molecule has 10 fully saturated rings. The van der Waals surface area contributed by atoms with E-state index in [2.05, 4.69) is 109 Å². The molecule has 43 heteroatoms. The van der Waals surface area contributed by atoms with Crippen molar-refractivity contribution in [1.29, 1.82) is 0 Å². The first kappa shape index (κ1) is 99.9. The van der Waals surface area contributed by atoms with E-state index >= 15 is 0 Å². The van der Waals surface area contributed by atoms with Crippen LogP contribution in [-0.2, 0) is 42.8 Å². The Morgan fingerprint density at radius 1 is 0.424 bits per heavy atom. The number of carbonyl (C=O) groups is 4. The quantitative estimate of drug-likeness (QED) is 0.0205. The van der Waals surface area contributed by atoms with Gasteiger partial charge in [0, 0.05) is 87.7 Å². The van der Waals surface area contributed by atoms with Crippen LogP contribution in [0.4, 0.5) is 35.2 Å². The highest BCUT2D eigenvalue weighted by Gasteiger charge is 2.50. The molecule has 0 radical (unpaired) electrons. The fourth-order valence-corrected chi connectivity index (χ4v) is 17.7. The molecule has 7 aliphatic heterocycles. The average Bonchev–Trinajstić information content (AvgIpc) is 1.56. The molecule has 3 spiro atoms. The Kier molecular flexibility index (Phi) is 32.4. The van der Waals surface area contributed by atoms with E-state index in [1.54, 1.807) is 54.6 Å². The minimum absolute atomic E-state index is 0.0402. The monoisotopic (exact) mass is 1960 g/mol. The Balaban J connectivity index is 0.000000126. The number of hydrogen-bond donors (Lipinski definition) is 8. The number of nitrogens with zero attached hydrogens (tertiary/aromatic N) is 18. The third-order valence-electron chi connectivity index (χ3n) is 25.1. The SMILES string of the molecule is C1COC2(CC2)CN1.CON.CONC(=O)c1cccc(-c2ccc3c(N4CCOC[C@@H]4C)nc(N4CCOC5(CC5)C4)nc3n2)c1.C[C@H]1COCCN1c1nc(Cl)nc2nc(-c3cccc(C(=O)O)c3)ccc12.C[C@H]1COCCN1c1nc(Cl)nc2nc(Cl)ccc12.C[C@H]1COCCN1c1nc(N2CCOC3(CC3)C2)nc2nc(-c3cccc(C(=O)O)c3)ccc12.O=C(O)c1cccc(B(O)O)c1. The maximum atomic E-state index is 12.3. The summed E-state index contributed by atoms with van der Waals surface area (Å²) in [5, 5.41) is 51.9. The Morgan fingerprint density at radius 2 is 0.777 bits per heavy atom. The lowest BCUT2D eigenvalue weighted by Gasteiger charge is -2.36. The second kappa shape index (κ2) is 45.0. The van der Waals surface area contributed by atoms with Crippen molar-refractivity contribution in [1.82, 2.24) is 70.6 Å². The number of carboxylic acid groups (broad SMARTS) is 3. The van der Waals surface area contributed by atoms with Crippen LogP contribution in [0.5, 0.6) is 0 Å². The van der Waals surface area contributed by atoms with Crippen molar-refractivity contribution >= 4 is 151 Å². The number of aromatic nitrogens is 12. The van der Waals surface area contributed by atoms with Crippen molar-refractivity contribution in [3.63, 3.8) is 0 Å². The Morgan fingerprint density at radius 3 is 1.14 bits per heavy atom. The van der Waals surface area contributed by atoms with Crippen molar-refractivity contribution < 1.29 is 87.4 Å². The summed E-state index contributed by atoms with van der Waals surface area (Å²) in [6, 6.07) is 42.3. The molecular weight excluding hydrogens is 1850 g/mol. The van der Waals surface area contributed by atoms with Gasteiger partial charge in [-0.05, 0) is 192 Å². The fraction of sp³-hybridized carbons (Fsp3) is 0.417. The van der Waals surface area contributed by atoms with E-state index in [4.69, 9.17) is 118 Å². The highest BCUT2D eigenvalue weighted by molar-refractivity contribution is 6.58. The number of nitrogens with two attached hydrogens (primary N) is 1. The Labute approximate surface area is 816 Å². The third-order valence-corrected chi connectivity index (χ3v) is 25.6. The van der Waals surface area contributed by atoms with Crippen molar-refractivity contribution in [3.8, 4) is 33.8 Å². The van der Waals surface area contributed by atoms with E-state index in [0.29, 0.717) is 140 Å². The van der Waals surface area contributed by atoms with Crippen LogP contribution in [0.3, 0.4) is 0 Å². The van der Waals surface area contributed by atoms with Crippen molar-refractivity contribution in [2.75, 3.05) is 182 Å². The van der Waals surface area contributed by atoms with E-state index in [1.165, 1.54) is 51.3 Å². The van der Waals surface area contributed by atoms with Gasteiger partial charge in [0.15, 0.2) is 22.6 Å². The van der Waals surface area contributed by atoms with Gasteiger partial charge in [-0.25, -0.2) is 45.7 Å². The van der Waals surface area contributed by atoms with Gasteiger partial charge in [0.05, 0.1) is 183 Å². The maximum absolute atomic E-state index is 12.3. The van der Waals surface area contributed by atoms with E-state index < -0.39 is 25.0 Å². The number of nitrogens with one attached hydrogen (secondary N) is 2. The van der Waals surface area contributed by atoms with E-state index in [9.17, 15) is 29.4 Å². The average molecular weight is 1960 g/mol.